The third kappa shape index (κ3) is 2.96. The van der Waals surface area contributed by atoms with Crippen molar-refractivity contribution in [2.75, 3.05) is 13.9 Å². The molecule has 0 aromatic carbocycles. The molecule has 1 heterocycles. The highest BCUT2D eigenvalue weighted by Gasteiger charge is 2.32. The molecule has 0 bridgehead atoms. The van der Waals surface area contributed by atoms with Crippen molar-refractivity contribution in [2.45, 2.75) is 12.0 Å². The third-order valence-corrected chi connectivity index (χ3v) is 2.78. The predicted octanol–water partition coefficient (Wildman–Crippen LogP) is 3.45. The van der Waals surface area contributed by atoms with E-state index < -0.39 is 11.4 Å². The molecule has 0 fully saturated rings. The van der Waals surface area contributed by atoms with Crippen LogP contribution >= 0.6 is 11.6 Å². The van der Waals surface area contributed by atoms with E-state index in [1.807, 2.05) is 0 Å². The monoisotopic (exact) mass is 271 g/mol. The summed E-state index contributed by atoms with van der Waals surface area (Å²) in [7, 11) is 1.48. The Bertz CT molecular complexity index is 439. The molecular formula is C13H15ClFNO2. The topological polar surface area (TPSA) is 31.4 Å². The van der Waals surface area contributed by atoms with E-state index in [1.54, 1.807) is 6.08 Å². The van der Waals surface area contributed by atoms with Gasteiger partial charge in [-0.2, -0.15) is 0 Å². The molecule has 1 aromatic heterocycles. The number of pyridine rings is 1. The van der Waals surface area contributed by atoms with Crippen molar-refractivity contribution in [2.24, 2.45) is 0 Å². The minimum absolute atomic E-state index is 0.000752. The number of halogens is 2. The molecular weight excluding hydrogens is 257 g/mol. The van der Waals surface area contributed by atoms with Crippen molar-refractivity contribution < 1.29 is 13.9 Å². The van der Waals surface area contributed by atoms with Crippen LogP contribution < -0.4 is 0 Å². The Morgan fingerprint density at radius 3 is 2.83 bits per heavy atom. The molecule has 0 aliphatic carbocycles. The fourth-order valence-corrected chi connectivity index (χ4v) is 1.78. The second-order valence-electron chi connectivity index (χ2n) is 3.60. The van der Waals surface area contributed by atoms with E-state index in [4.69, 9.17) is 21.1 Å². The van der Waals surface area contributed by atoms with Crippen LogP contribution in [0.4, 0.5) is 4.39 Å². The van der Waals surface area contributed by atoms with Crippen LogP contribution in [0.5, 0.6) is 0 Å². The van der Waals surface area contributed by atoms with Crippen LogP contribution in [0.3, 0.4) is 0 Å². The Labute approximate surface area is 111 Å². The van der Waals surface area contributed by atoms with Crippen molar-refractivity contribution in [3.8, 4) is 0 Å². The SMILES string of the molecule is C=CCC(C=C)(OCOC)c1ccnc(Cl)c1F. The summed E-state index contributed by atoms with van der Waals surface area (Å²) in [5.41, 5.74) is -0.802. The fraction of sp³-hybridized carbons (Fsp3) is 0.308. The Morgan fingerprint density at radius 1 is 1.56 bits per heavy atom. The summed E-state index contributed by atoms with van der Waals surface area (Å²) in [6.07, 6.45) is 4.88. The van der Waals surface area contributed by atoms with Gasteiger partial charge in [-0.25, -0.2) is 9.37 Å². The van der Waals surface area contributed by atoms with Crippen LogP contribution in [0.1, 0.15) is 12.0 Å². The zero-order chi connectivity index (χ0) is 13.6. The van der Waals surface area contributed by atoms with Gasteiger partial charge in [0.15, 0.2) is 11.0 Å². The summed E-state index contributed by atoms with van der Waals surface area (Å²) in [6, 6.07) is 1.50. The molecule has 3 nitrogen and oxygen atoms in total. The summed E-state index contributed by atoms with van der Waals surface area (Å²) >= 11 is 5.68. The smallest absolute Gasteiger partial charge is 0.166 e. The van der Waals surface area contributed by atoms with Gasteiger partial charge < -0.3 is 9.47 Å². The van der Waals surface area contributed by atoms with E-state index in [0.717, 1.165) is 0 Å². The number of hydrogen-bond acceptors (Lipinski definition) is 3. The van der Waals surface area contributed by atoms with Crippen LogP contribution in [-0.4, -0.2) is 18.9 Å². The summed E-state index contributed by atoms with van der Waals surface area (Å²) in [5.74, 6) is -0.628. The average Bonchev–Trinajstić information content (AvgIpc) is 2.38. The second-order valence-corrected chi connectivity index (χ2v) is 3.96. The lowest BCUT2D eigenvalue weighted by Crippen LogP contribution is -2.29. The first kappa shape index (κ1) is 14.8. The van der Waals surface area contributed by atoms with E-state index in [-0.39, 0.29) is 17.5 Å². The molecule has 18 heavy (non-hydrogen) atoms. The summed E-state index contributed by atoms with van der Waals surface area (Å²) in [6.45, 7) is 7.33. The number of hydrogen-bond donors (Lipinski definition) is 0. The fourth-order valence-electron chi connectivity index (χ4n) is 1.62. The van der Waals surface area contributed by atoms with Gasteiger partial charge in [0.2, 0.25) is 0 Å². The maximum atomic E-state index is 14.0. The summed E-state index contributed by atoms with van der Waals surface area (Å²) < 4.78 is 24.5. The van der Waals surface area contributed by atoms with Gasteiger partial charge in [0.25, 0.3) is 0 Å². The second kappa shape index (κ2) is 6.64. The van der Waals surface area contributed by atoms with Crippen molar-refractivity contribution in [3.05, 3.63) is 54.1 Å². The first-order valence-corrected chi connectivity index (χ1v) is 5.67. The first-order chi connectivity index (χ1) is 8.61. The van der Waals surface area contributed by atoms with Crippen molar-refractivity contribution >= 4 is 11.6 Å². The summed E-state index contributed by atoms with van der Waals surface area (Å²) in [4.78, 5) is 3.67. The molecule has 0 aliphatic rings. The zero-order valence-corrected chi connectivity index (χ0v) is 10.9. The van der Waals surface area contributed by atoms with E-state index in [9.17, 15) is 4.39 Å². The van der Waals surface area contributed by atoms with Gasteiger partial charge in [0.1, 0.15) is 12.4 Å². The predicted molar refractivity (Wildman–Crippen MR) is 68.9 cm³/mol. The van der Waals surface area contributed by atoms with Crippen LogP contribution in [-0.2, 0) is 15.1 Å². The lowest BCUT2D eigenvalue weighted by atomic mass is 9.90. The number of nitrogens with zero attached hydrogens (tertiary/aromatic N) is 1. The van der Waals surface area contributed by atoms with E-state index in [2.05, 4.69) is 18.1 Å². The van der Waals surface area contributed by atoms with Crippen LogP contribution in [0.15, 0.2) is 37.6 Å². The molecule has 0 saturated heterocycles. The van der Waals surface area contributed by atoms with Gasteiger partial charge in [-0.15, -0.1) is 6.58 Å². The molecule has 0 amide bonds. The Morgan fingerprint density at radius 2 is 2.28 bits per heavy atom. The molecule has 1 rings (SSSR count). The van der Waals surface area contributed by atoms with Crippen LogP contribution in [0, 0.1) is 5.82 Å². The minimum atomic E-state index is -1.06. The number of aromatic nitrogens is 1. The molecule has 98 valence electrons. The van der Waals surface area contributed by atoms with Crippen molar-refractivity contribution in [1.29, 1.82) is 0 Å². The Hall–Kier alpha value is -1.23. The van der Waals surface area contributed by atoms with Crippen molar-refractivity contribution in [3.63, 3.8) is 0 Å². The largest absolute Gasteiger partial charge is 0.359 e. The van der Waals surface area contributed by atoms with Crippen LogP contribution in [0.25, 0.3) is 0 Å². The van der Waals surface area contributed by atoms with Gasteiger partial charge in [-0.1, -0.05) is 30.3 Å². The normalized spacial score (nSPS) is 13.9. The van der Waals surface area contributed by atoms with E-state index >= 15 is 0 Å². The molecule has 5 heteroatoms. The van der Waals surface area contributed by atoms with Crippen LogP contribution in [0.2, 0.25) is 5.15 Å². The molecule has 1 aromatic rings. The van der Waals surface area contributed by atoms with E-state index in [0.29, 0.717) is 6.42 Å². The molecule has 0 N–H and O–H groups in total. The average molecular weight is 272 g/mol. The van der Waals surface area contributed by atoms with Crippen molar-refractivity contribution in [1.82, 2.24) is 4.98 Å². The molecule has 0 radical (unpaired) electrons. The number of methoxy groups -OCH3 is 1. The molecule has 0 aliphatic heterocycles. The van der Waals surface area contributed by atoms with Gasteiger partial charge in [0, 0.05) is 25.3 Å². The first-order valence-electron chi connectivity index (χ1n) is 5.29. The highest BCUT2D eigenvalue weighted by atomic mass is 35.5. The maximum Gasteiger partial charge on any atom is 0.166 e. The lowest BCUT2D eigenvalue weighted by Gasteiger charge is -2.30. The maximum absolute atomic E-state index is 14.0. The van der Waals surface area contributed by atoms with Gasteiger partial charge >= 0.3 is 0 Å². The van der Waals surface area contributed by atoms with Gasteiger partial charge in [-0.05, 0) is 6.07 Å². The third-order valence-electron chi connectivity index (χ3n) is 2.51. The van der Waals surface area contributed by atoms with E-state index in [1.165, 1.54) is 25.4 Å². The molecule has 0 spiro atoms. The zero-order valence-electron chi connectivity index (χ0n) is 10.2. The lowest BCUT2D eigenvalue weighted by molar-refractivity contribution is -0.112. The summed E-state index contributed by atoms with van der Waals surface area (Å²) in [5, 5.41) is -0.205. The standard InChI is InChI=1S/C13H15ClFNO2/c1-4-7-13(5-2,18-9-17-3)10-6-8-16-12(14)11(10)15/h4-6,8H,1-2,7,9H2,3H3. The van der Waals surface area contributed by atoms with Gasteiger partial charge in [0.05, 0.1) is 0 Å². The highest BCUT2D eigenvalue weighted by molar-refractivity contribution is 6.29. The molecule has 1 unspecified atom stereocenters. The highest BCUT2D eigenvalue weighted by Crippen LogP contribution is 2.34. The molecule has 1 atom stereocenters. The minimum Gasteiger partial charge on any atom is -0.359 e. The number of rotatable bonds is 7. The Balaban J connectivity index is 3.27. The Kier molecular flexibility index (Phi) is 5.47. The number of ether oxygens (including phenoxy) is 2. The quantitative estimate of drug-likeness (QED) is 0.432. The molecule has 0 saturated carbocycles. The van der Waals surface area contributed by atoms with Gasteiger partial charge in [-0.3, -0.25) is 0 Å².